The van der Waals surface area contributed by atoms with Crippen molar-refractivity contribution in [2.24, 2.45) is 5.92 Å². The Labute approximate surface area is 190 Å². The molecule has 4 rings (SSSR count). The standard InChI is InChI=1S/C15H19NO3.C13H14/c1-10-2-3-13(8-10)11-4-6-12(7-5-11)15(19)16-9-14(17)18;1-10(2)12-9-5-7-11-6-3-4-8-13(11)12/h4-7,10,13H,2-3,8-9H2,1H3,(H,16,19)(H,17,18);3-10H,1-2H3/t10-,13?;/m0./s1. The Morgan fingerprint density at radius 2 is 1.66 bits per heavy atom. The molecule has 1 unspecified atom stereocenters. The van der Waals surface area contributed by atoms with Crippen LogP contribution in [0.1, 0.15) is 73.4 Å². The van der Waals surface area contributed by atoms with Crippen LogP contribution in [0.25, 0.3) is 10.8 Å². The van der Waals surface area contributed by atoms with Gasteiger partial charge in [0.2, 0.25) is 0 Å². The van der Waals surface area contributed by atoms with Gasteiger partial charge in [0.15, 0.2) is 0 Å². The molecular formula is C28H33NO3. The van der Waals surface area contributed by atoms with Crippen molar-refractivity contribution in [2.45, 2.75) is 51.9 Å². The summed E-state index contributed by atoms with van der Waals surface area (Å²) in [5.41, 5.74) is 3.23. The average molecular weight is 432 g/mol. The number of carbonyl (C=O) groups is 2. The van der Waals surface area contributed by atoms with Gasteiger partial charge < -0.3 is 10.4 Å². The van der Waals surface area contributed by atoms with Gasteiger partial charge >= 0.3 is 5.97 Å². The van der Waals surface area contributed by atoms with Crippen molar-refractivity contribution >= 4 is 22.6 Å². The highest BCUT2D eigenvalue weighted by molar-refractivity contribution is 5.95. The fourth-order valence-electron chi connectivity index (χ4n) is 4.43. The molecule has 0 aliphatic heterocycles. The minimum Gasteiger partial charge on any atom is -0.480 e. The molecule has 1 amide bonds. The number of rotatable bonds is 5. The summed E-state index contributed by atoms with van der Waals surface area (Å²) in [7, 11) is 0. The van der Waals surface area contributed by atoms with E-state index in [1.807, 2.05) is 12.1 Å². The normalized spacial score (nSPS) is 17.6. The van der Waals surface area contributed by atoms with Gasteiger partial charge in [-0.1, -0.05) is 81.8 Å². The first-order valence-corrected chi connectivity index (χ1v) is 11.4. The van der Waals surface area contributed by atoms with E-state index in [-0.39, 0.29) is 12.5 Å². The summed E-state index contributed by atoms with van der Waals surface area (Å²) in [6.07, 6.45) is 3.70. The number of benzene rings is 3. The van der Waals surface area contributed by atoms with Crippen molar-refractivity contribution in [3.05, 3.63) is 83.4 Å². The van der Waals surface area contributed by atoms with Crippen molar-refractivity contribution in [3.63, 3.8) is 0 Å². The van der Waals surface area contributed by atoms with Gasteiger partial charge in [-0.2, -0.15) is 0 Å². The van der Waals surface area contributed by atoms with Crippen LogP contribution < -0.4 is 5.32 Å². The number of carbonyl (C=O) groups excluding carboxylic acids is 1. The first kappa shape index (κ1) is 23.5. The number of carboxylic acid groups (broad SMARTS) is 1. The van der Waals surface area contributed by atoms with E-state index in [4.69, 9.17) is 5.11 Å². The Hall–Kier alpha value is -3.14. The lowest BCUT2D eigenvalue weighted by molar-refractivity contribution is -0.135. The van der Waals surface area contributed by atoms with E-state index in [1.54, 1.807) is 12.1 Å². The molecule has 32 heavy (non-hydrogen) atoms. The third kappa shape index (κ3) is 6.19. The van der Waals surface area contributed by atoms with Crippen LogP contribution in [0.4, 0.5) is 0 Å². The summed E-state index contributed by atoms with van der Waals surface area (Å²) < 4.78 is 0. The van der Waals surface area contributed by atoms with E-state index in [9.17, 15) is 9.59 Å². The molecule has 2 N–H and O–H groups in total. The molecule has 2 atom stereocenters. The summed E-state index contributed by atoms with van der Waals surface area (Å²) >= 11 is 0. The number of amides is 1. The molecule has 4 heteroatoms. The van der Waals surface area contributed by atoms with E-state index in [0.29, 0.717) is 17.4 Å². The number of nitrogens with one attached hydrogen (secondary N) is 1. The quantitative estimate of drug-likeness (QED) is 0.493. The number of hydrogen-bond donors (Lipinski definition) is 2. The molecule has 0 bridgehead atoms. The minimum absolute atomic E-state index is 0.339. The van der Waals surface area contributed by atoms with E-state index in [2.05, 4.69) is 68.6 Å². The number of aliphatic carboxylic acids is 1. The fourth-order valence-corrected chi connectivity index (χ4v) is 4.43. The smallest absolute Gasteiger partial charge is 0.322 e. The van der Waals surface area contributed by atoms with Crippen molar-refractivity contribution in [3.8, 4) is 0 Å². The van der Waals surface area contributed by atoms with Crippen LogP contribution in [0.5, 0.6) is 0 Å². The molecule has 1 saturated carbocycles. The van der Waals surface area contributed by atoms with Crippen LogP contribution in [0.15, 0.2) is 66.7 Å². The fraction of sp³-hybridized carbons (Fsp3) is 0.357. The zero-order valence-corrected chi connectivity index (χ0v) is 19.2. The first-order valence-electron chi connectivity index (χ1n) is 11.4. The molecule has 1 aliphatic rings. The Morgan fingerprint density at radius 3 is 2.28 bits per heavy atom. The van der Waals surface area contributed by atoms with E-state index < -0.39 is 5.97 Å². The molecule has 0 spiro atoms. The van der Waals surface area contributed by atoms with Crippen LogP contribution >= 0.6 is 0 Å². The molecule has 1 fully saturated rings. The molecule has 0 heterocycles. The second-order valence-electron chi connectivity index (χ2n) is 9.04. The summed E-state index contributed by atoms with van der Waals surface area (Å²) in [5.74, 6) is 0.611. The summed E-state index contributed by atoms with van der Waals surface area (Å²) in [5, 5.41) is 13.6. The lowest BCUT2D eigenvalue weighted by Crippen LogP contribution is -2.29. The van der Waals surface area contributed by atoms with Gasteiger partial charge in [-0.15, -0.1) is 0 Å². The lowest BCUT2D eigenvalue weighted by atomic mass is 9.95. The highest BCUT2D eigenvalue weighted by atomic mass is 16.4. The third-order valence-electron chi connectivity index (χ3n) is 6.18. The minimum atomic E-state index is -1.04. The van der Waals surface area contributed by atoms with Crippen LogP contribution in [0.2, 0.25) is 0 Å². The molecule has 0 aromatic heterocycles. The summed E-state index contributed by atoms with van der Waals surface area (Å²) in [6.45, 7) is 6.40. The largest absolute Gasteiger partial charge is 0.480 e. The Balaban J connectivity index is 0.000000193. The van der Waals surface area contributed by atoms with Gasteiger partial charge in [-0.25, -0.2) is 0 Å². The first-order chi connectivity index (χ1) is 15.3. The van der Waals surface area contributed by atoms with E-state index >= 15 is 0 Å². The second-order valence-corrected chi connectivity index (χ2v) is 9.04. The molecule has 3 aromatic rings. The maximum atomic E-state index is 11.7. The van der Waals surface area contributed by atoms with E-state index in [0.717, 1.165) is 5.92 Å². The van der Waals surface area contributed by atoms with Crippen LogP contribution in [-0.4, -0.2) is 23.5 Å². The highest BCUT2D eigenvalue weighted by Gasteiger charge is 2.22. The molecular weight excluding hydrogens is 398 g/mol. The Bertz CT molecular complexity index is 1050. The SMILES string of the molecule is CC(C)c1cccc2ccccc12.C[C@H]1CCC(c2ccc(C(=O)NCC(=O)O)cc2)C1. The lowest BCUT2D eigenvalue weighted by Gasteiger charge is -2.10. The van der Waals surface area contributed by atoms with Crippen LogP contribution in [-0.2, 0) is 4.79 Å². The molecule has 3 aromatic carbocycles. The van der Waals surface area contributed by atoms with Gasteiger partial charge in [0, 0.05) is 5.56 Å². The second kappa shape index (κ2) is 10.9. The van der Waals surface area contributed by atoms with Crippen LogP contribution in [0.3, 0.4) is 0 Å². The molecule has 1 aliphatic carbocycles. The Morgan fingerprint density at radius 1 is 0.969 bits per heavy atom. The zero-order chi connectivity index (χ0) is 23.1. The molecule has 168 valence electrons. The number of fused-ring (bicyclic) bond motifs is 1. The van der Waals surface area contributed by atoms with Crippen molar-refractivity contribution in [2.75, 3.05) is 6.54 Å². The zero-order valence-electron chi connectivity index (χ0n) is 19.2. The van der Waals surface area contributed by atoms with Gasteiger partial charge in [0.25, 0.3) is 5.91 Å². The molecule has 0 saturated heterocycles. The van der Waals surface area contributed by atoms with Gasteiger partial charge in [0.1, 0.15) is 6.54 Å². The molecule has 4 nitrogen and oxygen atoms in total. The summed E-state index contributed by atoms with van der Waals surface area (Å²) in [6, 6.07) is 22.6. The Kier molecular flexibility index (Phi) is 8.04. The van der Waals surface area contributed by atoms with Crippen molar-refractivity contribution in [1.82, 2.24) is 5.32 Å². The van der Waals surface area contributed by atoms with Crippen molar-refractivity contribution in [1.29, 1.82) is 0 Å². The number of hydrogen-bond acceptors (Lipinski definition) is 2. The average Bonchev–Trinajstić information content (AvgIpc) is 3.23. The van der Waals surface area contributed by atoms with Crippen molar-refractivity contribution < 1.29 is 14.7 Å². The predicted octanol–water partition coefficient (Wildman–Crippen LogP) is 6.37. The maximum Gasteiger partial charge on any atom is 0.322 e. The molecule has 0 radical (unpaired) electrons. The highest BCUT2D eigenvalue weighted by Crippen LogP contribution is 2.37. The van der Waals surface area contributed by atoms with Gasteiger partial charge in [-0.05, 0) is 64.6 Å². The predicted molar refractivity (Wildman–Crippen MR) is 130 cm³/mol. The topological polar surface area (TPSA) is 66.4 Å². The summed E-state index contributed by atoms with van der Waals surface area (Å²) in [4.78, 5) is 22.0. The van der Waals surface area contributed by atoms with Crippen LogP contribution in [0, 0.1) is 5.92 Å². The maximum absolute atomic E-state index is 11.7. The van der Waals surface area contributed by atoms with E-state index in [1.165, 1.54) is 41.2 Å². The monoisotopic (exact) mass is 431 g/mol. The van der Waals surface area contributed by atoms with Gasteiger partial charge in [0.05, 0.1) is 0 Å². The number of carboxylic acids is 1. The third-order valence-corrected chi connectivity index (χ3v) is 6.18. The van der Waals surface area contributed by atoms with Gasteiger partial charge in [-0.3, -0.25) is 9.59 Å².